The molecule has 0 aliphatic carbocycles. The van der Waals surface area contributed by atoms with Crippen molar-refractivity contribution in [3.05, 3.63) is 65.1 Å². The van der Waals surface area contributed by atoms with Crippen LogP contribution in [0.15, 0.2) is 59.5 Å². The number of carbonyl (C=O) groups excluding carboxylic acids is 2. The highest BCUT2D eigenvalue weighted by Crippen LogP contribution is 2.34. The molecule has 3 rings (SSSR count). The van der Waals surface area contributed by atoms with Crippen molar-refractivity contribution in [1.82, 2.24) is 10.2 Å². The van der Waals surface area contributed by atoms with Gasteiger partial charge in [-0.15, -0.1) is 0 Å². The molecule has 1 heterocycles. The van der Waals surface area contributed by atoms with Crippen LogP contribution in [0.5, 0.6) is 11.5 Å². The molecule has 2 aromatic rings. The molecule has 1 aliphatic heterocycles. The van der Waals surface area contributed by atoms with Crippen LogP contribution in [0.3, 0.4) is 0 Å². The monoisotopic (exact) mass is 470 g/mol. The summed E-state index contributed by atoms with van der Waals surface area (Å²) >= 11 is 6.47. The summed E-state index contributed by atoms with van der Waals surface area (Å²) < 4.78 is 6.13. The standard InChI is InChI=1S/C23H22N2O5S2/c1-15(21(28)24-12-6-11-20(26)27)25-22(29)19(32-23(25)31)14-16-7-5-10-18(13-16)30-17-8-3-2-4-9-17/h2-5,7-10,13-15H,6,11-12H2,1H3,(H,24,28)(H,26,27)/b19-14-. The van der Waals surface area contributed by atoms with Crippen molar-refractivity contribution in [2.45, 2.75) is 25.8 Å². The number of hydrogen-bond acceptors (Lipinski definition) is 6. The molecule has 0 aromatic heterocycles. The Kier molecular flexibility index (Phi) is 8.02. The minimum Gasteiger partial charge on any atom is -0.481 e. The van der Waals surface area contributed by atoms with Crippen molar-refractivity contribution in [2.75, 3.05) is 6.54 Å². The lowest BCUT2D eigenvalue weighted by atomic mass is 10.2. The SMILES string of the molecule is CC(C(=O)NCCCC(=O)O)N1C(=O)/C(=C/c2cccc(Oc3ccccc3)c2)SC1=S. The molecule has 2 aromatic carbocycles. The van der Waals surface area contributed by atoms with Gasteiger partial charge in [-0.1, -0.05) is 54.3 Å². The maximum absolute atomic E-state index is 12.9. The second kappa shape index (κ2) is 10.9. The summed E-state index contributed by atoms with van der Waals surface area (Å²) in [4.78, 5) is 37.6. The van der Waals surface area contributed by atoms with Crippen molar-refractivity contribution >= 4 is 52.2 Å². The largest absolute Gasteiger partial charge is 0.481 e. The maximum atomic E-state index is 12.9. The molecule has 0 radical (unpaired) electrons. The maximum Gasteiger partial charge on any atom is 0.303 e. The lowest BCUT2D eigenvalue weighted by Crippen LogP contribution is -2.47. The number of amides is 2. The number of thioether (sulfide) groups is 1. The van der Waals surface area contributed by atoms with Crippen LogP contribution in [0.1, 0.15) is 25.3 Å². The molecule has 7 nitrogen and oxygen atoms in total. The average Bonchev–Trinajstić information content (AvgIpc) is 3.04. The summed E-state index contributed by atoms with van der Waals surface area (Å²) in [6, 6.07) is 15.9. The highest BCUT2D eigenvalue weighted by Gasteiger charge is 2.38. The average molecular weight is 471 g/mol. The number of thiocarbonyl (C=S) groups is 1. The summed E-state index contributed by atoms with van der Waals surface area (Å²) in [7, 11) is 0. The summed E-state index contributed by atoms with van der Waals surface area (Å²) in [6.07, 6.45) is 1.99. The van der Waals surface area contributed by atoms with Crippen molar-refractivity contribution in [3.63, 3.8) is 0 Å². The molecule has 0 spiro atoms. The third kappa shape index (κ3) is 6.18. The van der Waals surface area contributed by atoms with Gasteiger partial charge in [0.1, 0.15) is 21.9 Å². The van der Waals surface area contributed by atoms with E-state index < -0.39 is 12.0 Å². The van der Waals surface area contributed by atoms with E-state index in [0.29, 0.717) is 27.1 Å². The Morgan fingerprint density at radius 3 is 2.62 bits per heavy atom. The molecule has 1 unspecified atom stereocenters. The first-order valence-electron chi connectivity index (χ1n) is 9.94. The molecule has 32 heavy (non-hydrogen) atoms. The first-order chi connectivity index (χ1) is 15.3. The van der Waals surface area contributed by atoms with Gasteiger partial charge in [-0.05, 0) is 49.2 Å². The second-order valence-corrected chi connectivity index (χ2v) is 8.68. The van der Waals surface area contributed by atoms with Gasteiger partial charge in [0.15, 0.2) is 0 Å². The summed E-state index contributed by atoms with van der Waals surface area (Å²) in [6.45, 7) is 1.81. The molecule has 0 bridgehead atoms. The third-order valence-electron chi connectivity index (χ3n) is 4.59. The lowest BCUT2D eigenvalue weighted by molar-refractivity contribution is -0.137. The molecule has 166 valence electrons. The lowest BCUT2D eigenvalue weighted by Gasteiger charge is -2.22. The normalized spacial score (nSPS) is 15.7. The zero-order valence-electron chi connectivity index (χ0n) is 17.3. The van der Waals surface area contributed by atoms with Gasteiger partial charge in [0.25, 0.3) is 5.91 Å². The van der Waals surface area contributed by atoms with E-state index in [1.807, 2.05) is 54.6 Å². The molecule has 0 saturated carbocycles. The van der Waals surface area contributed by atoms with Crippen molar-refractivity contribution in [3.8, 4) is 11.5 Å². The smallest absolute Gasteiger partial charge is 0.303 e. The number of hydrogen-bond donors (Lipinski definition) is 2. The quantitative estimate of drug-likeness (QED) is 0.324. The Labute approximate surface area is 195 Å². The zero-order chi connectivity index (χ0) is 23.1. The van der Waals surface area contributed by atoms with E-state index in [4.69, 9.17) is 22.1 Å². The summed E-state index contributed by atoms with van der Waals surface area (Å²) in [5.41, 5.74) is 0.768. The van der Waals surface area contributed by atoms with Gasteiger partial charge in [-0.25, -0.2) is 0 Å². The molecule has 1 saturated heterocycles. The van der Waals surface area contributed by atoms with E-state index in [1.54, 1.807) is 13.0 Å². The molecule has 1 atom stereocenters. The molecular weight excluding hydrogens is 448 g/mol. The van der Waals surface area contributed by atoms with Crippen LogP contribution >= 0.6 is 24.0 Å². The first-order valence-corrected chi connectivity index (χ1v) is 11.2. The Hall–Kier alpha value is -3.17. The zero-order valence-corrected chi connectivity index (χ0v) is 18.9. The summed E-state index contributed by atoms with van der Waals surface area (Å²) in [5, 5.41) is 11.3. The van der Waals surface area contributed by atoms with Crippen LogP contribution in [0, 0.1) is 0 Å². The number of benzene rings is 2. The number of carboxylic acids is 1. The fourth-order valence-electron chi connectivity index (χ4n) is 2.97. The van der Waals surface area contributed by atoms with Gasteiger partial charge in [-0.2, -0.15) is 0 Å². The minimum absolute atomic E-state index is 0.0362. The topological polar surface area (TPSA) is 95.9 Å². The Bertz CT molecular complexity index is 1060. The summed E-state index contributed by atoms with van der Waals surface area (Å²) in [5.74, 6) is -0.310. The van der Waals surface area contributed by atoms with Crippen LogP contribution in [0.25, 0.3) is 6.08 Å². The highest BCUT2D eigenvalue weighted by molar-refractivity contribution is 8.26. The van der Waals surface area contributed by atoms with E-state index >= 15 is 0 Å². The van der Waals surface area contributed by atoms with Crippen molar-refractivity contribution in [1.29, 1.82) is 0 Å². The van der Waals surface area contributed by atoms with E-state index in [0.717, 1.165) is 17.3 Å². The van der Waals surface area contributed by atoms with E-state index in [9.17, 15) is 14.4 Å². The molecule has 9 heteroatoms. The van der Waals surface area contributed by atoms with Crippen LogP contribution < -0.4 is 10.1 Å². The third-order valence-corrected chi connectivity index (χ3v) is 5.92. The Morgan fingerprint density at radius 2 is 1.91 bits per heavy atom. The van der Waals surface area contributed by atoms with E-state index in [-0.39, 0.29) is 24.8 Å². The predicted octanol–water partition coefficient (Wildman–Crippen LogP) is 4.05. The van der Waals surface area contributed by atoms with E-state index in [1.165, 1.54) is 4.90 Å². The van der Waals surface area contributed by atoms with Gasteiger partial charge in [-0.3, -0.25) is 19.3 Å². The van der Waals surface area contributed by atoms with Crippen LogP contribution in [-0.4, -0.2) is 44.7 Å². The minimum atomic E-state index is -0.924. The van der Waals surface area contributed by atoms with Gasteiger partial charge in [0.2, 0.25) is 5.91 Å². The van der Waals surface area contributed by atoms with Crippen LogP contribution in [0.4, 0.5) is 0 Å². The van der Waals surface area contributed by atoms with Crippen LogP contribution in [0.2, 0.25) is 0 Å². The highest BCUT2D eigenvalue weighted by atomic mass is 32.2. The second-order valence-electron chi connectivity index (χ2n) is 7.00. The van der Waals surface area contributed by atoms with Crippen LogP contribution in [-0.2, 0) is 14.4 Å². The number of para-hydroxylation sites is 1. The Balaban J connectivity index is 1.66. The number of nitrogens with one attached hydrogen (secondary N) is 1. The fraction of sp³-hybridized carbons (Fsp3) is 0.217. The van der Waals surface area contributed by atoms with Crippen molar-refractivity contribution in [2.24, 2.45) is 0 Å². The van der Waals surface area contributed by atoms with Gasteiger partial charge < -0.3 is 15.2 Å². The van der Waals surface area contributed by atoms with Gasteiger partial charge in [0, 0.05) is 13.0 Å². The number of rotatable bonds is 9. The molecule has 2 N–H and O–H groups in total. The Morgan fingerprint density at radius 1 is 1.19 bits per heavy atom. The van der Waals surface area contributed by atoms with Gasteiger partial charge in [0.05, 0.1) is 4.91 Å². The molecule has 2 amide bonds. The predicted molar refractivity (Wildman–Crippen MR) is 127 cm³/mol. The molecule has 1 fully saturated rings. The molecule has 1 aliphatic rings. The first kappa shape index (κ1) is 23.5. The molecular formula is C23H22N2O5S2. The number of carbonyl (C=O) groups is 3. The van der Waals surface area contributed by atoms with E-state index in [2.05, 4.69) is 5.32 Å². The number of carboxylic acid groups (broad SMARTS) is 1. The van der Waals surface area contributed by atoms with Crippen molar-refractivity contribution < 1.29 is 24.2 Å². The number of aliphatic carboxylic acids is 1. The number of ether oxygens (including phenoxy) is 1. The number of nitrogens with zero attached hydrogens (tertiary/aromatic N) is 1. The fourth-order valence-corrected chi connectivity index (χ4v) is 4.39. The van der Waals surface area contributed by atoms with Gasteiger partial charge >= 0.3 is 5.97 Å².